The van der Waals surface area contributed by atoms with Crippen LogP contribution in [0.1, 0.15) is 38.7 Å². The number of ether oxygens (including phenoxy) is 2. The van der Waals surface area contributed by atoms with Crippen molar-refractivity contribution in [3.8, 4) is 0 Å². The number of benzene rings is 1. The average molecular weight is 377 g/mol. The van der Waals surface area contributed by atoms with Gasteiger partial charge in [0, 0.05) is 24.1 Å². The largest absolute Gasteiger partial charge is 0.467 e. The number of hydrogen-bond acceptors (Lipinski definition) is 4. The number of methoxy groups -OCH3 is 1. The zero-order valence-electron chi connectivity index (χ0n) is 14.7. The number of halogens is 4. The Morgan fingerprint density at radius 1 is 1.12 bits per heavy atom. The number of hydrogen-bond donors (Lipinski definition) is 0. The Labute approximate surface area is 147 Å². The van der Waals surface area contributed by atoms with Crippen LogP contribution in [0.4, 0.5) is 22.4 Å². The van der Waals surface area contributed by atoms with Crippen LogP contribution < -0.4 is 0 Å². The van der Waals surface area contributed by atoms with E-state index in [1.807, 2.05) is 0 Å². The maximum absolute atomic E-state index is 14.1. The lowest BCUT2D eigenvalue weighted by molar-refractivity contribution is -0.145. The molecule has 1 unspecified atom stereocenters. The summed E-state index contributed by atoms with van der Waals surface area (Å²) in [6.45, 7) is 4.46. The van der Waals surface area contributed by atoms with Crippen LogP contribution in [0.5, 0.6) is 0 Å². The average Bonchev–Trinajstić information content (AvgIpc) is 2.96. The van der Waals surface area contributed by atoms with Gasteiger partial charge in [-0.2, -0.15) is 0 Å². The SMILES string of the molecule is COC(=O)C1C[C@H](c2c(F)c(F)cc(F)c2F)CN1C(=O)OC(C)(C)C. The number of rotatable bonds is 2. The molecule has 1 heterocycles. The summed E-state index contributed by atoms with van der Waals surface area (Å²) in [7, 11) is 1.09. The molecule has 1 fully saturated rings. The summed E-state index contributed by atoms with van der Waals surface area (Å²) >= 11 is 0. The lowest BCUT2D eigenvalue weighted by atomic mass is 9.95. The molecule has 1 saturated heterocycles. The fourth-order valence-electron chi connectivity index (χ4n) is 2.88. The van der Waals surface area contributed by atoms with Gasteiger partial charge in [-0.1, -0.05) is 0 Å². The van der Waals surface area contributed by atoms with Crippen molar-refractivity contribution >= 4 is 12.1 Å². The van der Waals surface area contributed by atoms with Crippen molar-refractivity contribution in [3.05, 3.63) is 34.9 Å². The second-order valence-electron chi connectivity index (χ2n) is 6.99. The van der Waals surface area contributed by atoms with Crippen molar-refractivity contribution in [3.63, 3.8) is 0 Å². The highest BCUT2D eigenvalue weighted by molar-refractivity contribution is 5.82. The lowest BCUT2D eigenvalue weighted by Crippen LogP contribution is -2.43. The third-order valence-corrected chi connectivity index (χ3v) is 3.96. The molecule has 1 aromatic carbocycles. The van der Waals surface area contributed by atoms with Gasteiger partial charge in [0.05, 0.1) is 7.11 Å². The number of esters is 1. The summed E-state index contributed by atoms with van der Waals surface area (Å²) in [5, 5.41) is 0. The highest BCUT2D eigenvalue weighted by atomic mass is 19.2. The molecule has 0 spiro atoms. The van der Waals surface area contributed by atoms with Gasteiger partial charge in [0.15, 0.2) is 23.3 Å². The van der Waals surface area contributed by atoms with Crippen molar-refractivity contribution in [2.24, 2.45) is 0 Å². The van der Waals surface area contributed by atoms with Crippen LogP contribution in [0.25, 0.3) is 0 Å². The van der Waals surface area contributed by atoms with Crippen LogP contribution in [-0.4, -0.2) is 42.3 Å². The van der Waals surface area contributed by atoms with Crippen molar-refractivity contribution in [2.75, 3.05) is 13.7 Å². The number of amides is 1. The molecule has 26 heavy (non-hydrogen) atoms. The van der Waals surface area contributed by atoms with E-state index in [4.69, 9.17) is 4.74 Å². The van der Waals surface area contributed by atoms with Crippen LogP contribution >= 0.6 is 0 Å². The molecule has 1 amide bonds. The number of carbonyl (C=O) groups is 2. The quantitative estimate of drug-likeness (QED) is 0.450. The molecule has 9 heteroatoms. The van der Waals surface area contributed by atoms with Crippen molar-refractivity contribution in [2.45, 2.75) is 44.8 Å². The first-order valence-electron chi connectivity index (χ1n) is 7.86. The van der Waals surface area contributed by atoms with E-state index in [1.54, 1.807) is 20.8 Å². The highest BCUT2D eigenvalue weighted by Crippen LogP contribution is 2.37. The molecule has 0 aliphatic carbocycles. The second kappa shape index (κ2) is 7.13. The smallest absolute Gasteiger partial charge is 0.411 e. The van der Waals surface area contributed by atoms with Gasteiger partial charge in [-0.05, 0) is 27.2 Å². The van der Waals surface area contributed by atoms with Crippen LogP contribution in [0.15, 0.2) is 6.07 Å². The Morgan fingerprint density at radius 3 is 2.12 bits per heavy atom. The van der Waals surface area contributed by atoms with Gasteiger partial charge in [-0.3, -0.25) is 4.90 Å². The summed E-state index contributed by atoms with van der Waals surface area (Å²) in [6.07, 6.45) is -1.16. The fraction of sp³-hybridized carbons (Fsp3) is 0.529. The van der Waals surface area contributed by atoms with Gasteiger partial charge in [0.2, 0.25) is 0 Å². The number of nitrogens with zero attached hydrogens (tertiary/aromatic N) is 1. The van der Waals surface area contributed by atoms with Crippen molar-refractivity contribution in [1.29, 1.82) is 0 Å². The summed E-state index contributed by atoms with van der Waals surface area (Å²) in [4.78, 5) is 25.2. The first kappa shape index (κ1) is 20.0. The van der Waals surface area contributed by atoms with E-state index >= 15 is 0 Å². The molecule has 0 aromatic heterocycles. The Hall–Kier alpha value is -2.32. The van der Waals surface area contributed by atoms with E-state index in [2.05, 4.69) is 4.74 Å². The molecule has 1 aliphatic rings. The summed E-state index contributed by atoms with van der Waals surface area (Å²) in [6, 6.07) is -1.09. The normalized spacial score (nSPS) is 20.2. The van der Waals surface area contributed by atoms with Gasteiger partial charge < -0.3 is 9.47 Å². The zero-order chi connectivity index (χ0) is 19.8. The Bertz CT molecular complexity index is 706. The minimum atomic E-state index is -1.55. The maximum atomic E-state index is 14.1. The first-order valence-corrected chi connectivity index (χ1v) is 7.86. The zero-order valence-corrected chi connectivity index (χ0v) is 14.7. The molecule has 0 saturated carbocycles. The van der Waals surface area contributed by atoms with E-state index in [9.17, 15) is 27.2 Å². The molecule has 2 atom stereocenters. The molecular weight excluding hydrogens is 358 g/mol. The number of likely N-dealkylation sites (tertiary alicyclic amines) is 1. The van der Waals surface area contributed by atoms with Gasteiger partial charge in [-0.25, -0.2) is 27.2 Å². The van der Waals surface area contributed by atoms with Crippen LogP contribution in [0.2, 0.25) is 0 Å². The first-order chi connectivity index (χ1) is 12.0. The van der Waals surface area contributed by atoms with E-state index < -0.39 is 58.5 Å². The van der Waals surface area contributed by atoms with Gasteiger partial charge in [0.1, 0.15) is 11.6 Å². The van der Waals surface area contributed by atoms with Crippen LogP contribution in [-0.2, 0) is 14.3 Å². The van der Waals surface area contributed by atoms with E-state index in [0.717, 1.165) is 12.0 Å². The maximum Gasteiger partial charge on any atom is 0.411 e. The van der Waals surface area contributed by atoms with Gasteiger partial charge in [0.25, 0.3) is 0 Å². The monoisotopic (exact) mass is 377 g/mol. The third-order valence-electron chi connectivity index (χ3n) is 3.96. The van der Waals surface area contributed by atoms with E-state index in [-0.39, 0.29) is 19.0 Å². The van der Waals surface area contributed by atoms with Crippen molar-refractivity contribution in [1.82, 2.24) is 4.90 Å². The molecule has 0 radical (unpaired) electrons. The van der Waals surface area contributed by atoms with Crippen LogP contribution in [0, 0.1) is 23.3 Å². The predicted octanol–water partition coefficient (Wildman–Crippen LogP) is 3.51. The Morgan fingerprint density at radius 2 is 1.65 bits per heavy atom. The molecule has 0 N–H and O–H groups in total. The lowest BCUT2D eigenvalue weighted by Gasteiger charge is -2.27. The number of carbonyl (C=O) groups excluding carboxylic acids is 2. The molecule has 0 bridgehead atoms. The van der Waals surface area contributed by atoms with Gasteiger partial charge in [-0.15, -0.1) is 0 Å². The molecule has 1 aliphatic heterocycles. The summed E-state index contributed by atoms with van der Waals surface area (Å²) in [5.41, 5.74) is -1.72. The van der Waals surface area contributed by atoms with E-state index in [1.165, 1.54) is 0 Å². The minimum Gasteiger partial charge on any atom is -0.467 e. The summed E-state index contributed by atoms with van der Waals surface area (Å²) < 4.78 is 64.9. The Balaban J connectivity index is 2.40. The molecule has 2 rings (SSSR count). The summed E-state index contributed by atoms with van der Waals surface area (Å²) in [5.74, 6) is -8.17. The highest BCUT2D eigenvalue weighted by Gasteiger charge is 2.44. The second-order valence-corrected chi connectivity index (χ2v) is 6.99. The third kappa shape index (κ3) is 3.91. The minimum absolute atomic E-state index is 0.104. The standard InChI is InChI=1S/C17H19F4NO4/c1-17(2,3)26-16(24)22-7-8(5-11(22)15(23)25-4)12-13(20)9(18)6-10(19)14(12)21/h6,8,11H,5,7H2,1-4H3/t8-,11?/m0/s1. The molecule has 5 nitrogen and oxygen atoms in total. The Kier molecular flexibility index (Phi) is 5.48. The molecular formula is C17H19F4NO4. The molecule has 144 valence electrons. The topological polar surface area (TPSA) is 55.8 Å². The molecule has 1 aromatic rings. The van der Waals surface area contributed by atoms with E-state index in [0.29, 0.717) is 0 Å². The van der Waals surface area contributed by atoms with Crippen LogP contribution in [0.3, 0.4) is 0 Å². The van der Waals surface area contributed by atoms with Crippen molar-refractivity contribution < 1.29 is 36.6 Å². The predicted molar refractivity (Wildman–Crippen MR) is 82.4 cm³/mol. The van der Waals surface area contributed by atoms with Gasteiger partial charge >= 0.3 is 12.1 Å². The fourth-order valence-corrected chi connectivity index (χ4v) is 2.88.